The first-order valence-electron chi connectivity index (χ1n) is 8.22. The zero-order valence-corrected chi connectivity index (χ0v) is 17.1. The van der Waals surface area contributed by atoms with E-state index in [9.17, 15) is 0 Å². The number of ether oxygens (including phenoxy) is 2. The van der Waals surface area contributed by atoms with Gasteiger partial charge in [0.15, 0.2) is 0 Å². The minimum atomic E-state index is 0. The lowest BCUT2D eigenvalue weighted by Gasteiger charge is -2.15. The normalized spacial score (nSPS) is 13.7. The lowest BCUT2D eigenvalue weighted by atomic mass is 10.1. The van der Waals surface area contributed by atoms with E-state index in [-0.39, 0.29) is 17.0 Å². The fraction of sp³-hybridized carbons (Fsp3) is 0.333. The molecule has 1 aliphatic rings. The molecule has 0 N–H and O–H groups in total. The third-order valence-electron chi connectivity index (χ3n) is 4.49. The number of hydrogen-bond acceptors (Lipinski definition) is 5. The smallest absolute Gasteiger partial charge is 0.236 e. The highest BCUT2D eigenvalue weighted by atomic mass is 79.9. The van der Waals surface area contributed by atoms with Crippen LogP contribution in [0.15, 0.2) is 30.6 Å². The highest BCUT2D eigenvalue weighted by molar-refractivity contribution is 8.93. The van der Waals surface area contributed by atoms with Gasteiger partial charge in [0.1, 0.15) is 17.3 Å². The number of fused-ring (bicyclic) bond motifs is 1. The monoisotopic (exact) mass is 438 g/mol. The summed E-state index contributed by atoms with van der Waals surface area (Å²) in [6, 6.07) is 5.61. The Balaban J connectivity index is 0.00000196. The molecule has 0 spiro atoms. The van der Waals surface area contributed by atoms with Gasteiger partial charge < -0.3 is 14.4 Å². The molecule has 0 saturated carbocycles. The van der Waals surface area contributed by atoms with Gasteiger partial charge in [0.05, 0.1) is 24.9 Å². The van der Waals surface area contributed by atoms with Crippen molar-refractivity contribution in [3.63, 3.8) is 0 Å². The first-order chi connectivity index (χ1) is 12.2. The number of aromatic nitrogens is 3. The molecule has 3 aromatic rings. The highest BCUT2D eigenvalue weighted by Gasteiger charge is 2.17. The van der Waals surface area contributed by atoms with Crippen LogP contribution < -0.4 is 14.4 Å². The minimum absolute atomic E-state index is 0. The minimum Gasteiger partial charge on any atom is -0.496 e. The molecule has 4 rings (SSSR count). The number of hydrogen-bond donors (Lipinski definition) is 0. The van der Waals surface area contributed by atoms with Gasteiger partial charge >= 0.3 is 0 Å². The average Bonchev–Trinajstić information content (AvgIpc) is 3.30. The molecule has 0 unspecified atom stereocenters. The Labute approximate surface area is 167 Å². The van der Waals surface area contributed by atoms with Gasteiger partial charge in [-0.15, -0.1) is 17.0 Å². The molecule has 8 heteroatoms. The molecule has 6 nitrogen and oxygen atoms in total. The van der Waals surface area contributed by atoms with Crippen LogP contribution in [-0.2, 0) is 0 Å². The largest absolute Gasteiger partial charge is 0.496 e. The van der Waals surface area contributed by atoms with Crippen molar-refractivity contribution >= 4 is 40.2 Å². The topological polar surface area (TPSA) is 51.9 Å². The molecule has 0 bridgehead atoms. The summed E-state index contributed by atoms with van der Waals surface area (Å²) in [6.07, 6.45) is 6.35. The van der Waals surface area contributed by atoms with Crippen LogP contribution in [0.4, 0.5) is 5.82 Å². The van der Waals surface area contributed by atoms with E-state index >= 15 is 0 Å². The van der Waals surface area contributed by atoms with Crippen molar-refractivity contribution in [1.29, 1.82) is 0 Å². The van der Waals surface area contributed by atoms with Crippen LogP contribution in [0.3, 0.4) is 0 Å². The number of anilines is 1. The molecule has 0 amide bonds. The van der Waals surface area contributed by atoms with Crippen molar-refractivity contribution < 1.29 is 9.47 Å². The van der Waals surface area contributed by atoms with Crippen molar-refractivity contribution in [3.05, 3.63) is 35.6 Å². The van der Waals surface area contributed by atoms with E-state index in [1.54, 1.807) is 20.3 Å². The third kappa shape index (κ3) is 3.33. The Morgan fingerprint density at radius 3 is 2.46 bits per heavy atom. The maximum absolute atomic E-state index is 6.28. The Hall–Kier alpha value is -1.99. The van der Waals surface area contributed by atoms with Gasteiger partial charge in [0.25, 0.3) is 0 Å². The van der Waals surface area contributed by atoms with E-state index in [1.165, 1.54) is 12.8 Å². The van der Waals surface area contributed by atoms with Gasteiger partial charge in [-0.2, -0.15) is 4.98 Å². The Bertz CT molecular complexity index is 925. The molecule has 0 atom stereocenters. The van der Waals surface area contributed by atoms with Gasteiger partial charge in [-0.3, -0.25) is 4.40 Å². The summed E-state index contributed by atoms with van der Waals surface area (Å²) in [6.45, 7) is 2.11. The molecule has 1 aliphatic heterocycles. The molecule has 3 heterocycles. The van der Waals surface area contributed by atoms with Crippen LogP contribution in [0.1, 0.15) is 12.8 Å². The predicted molar refractivity (Wildman–Crippen MR) is 108 cm³/mol. The summed E-state index contributed by atoms with van der Waals surface area (Å²) < 4.78 is 12.6. The maximum Gasteiger partial charge on any atom is 0.236 e. The SMILES string of the molecule is Br.COc1cc(OC)c(-c2cn3ccc(N4CCCC4)nc3n2)cc1Cl. The van der Waals surface area contributed by atoms with Crippen molar-refractivity contribution in [3.8, 4) is 22.8 Å². The first kappa shape index (κ1) is 18.8. The van der Waals surface area contributed by atoms with Crippen LogP contribution in [0.25, 0.3) is 17.0 Å². The summed E-state index contributed by atoms with van der Waals surface area (Å²) in [5.41, 5.74) is 1.56. The molecular formula is C18H20BrClN4O2. The van der Waals surface area contributed by atoms with Crippen LogP contribution >= 0.6 is 28.6 Å². The lowest BCUT2D eigenvalue weighted by molar-refractivity contribution is 0.395. The van der Waals surface area contributed by atoms with Gasteiger partial charge in [-0.1, -0.05) is 11.6 Å². The van der Waals surface area contributed by atoms with Gasteiger partial charge in [0.2, 0.25) is 5.78 Å². The summed E-state index contributed by atoms with van der Waals surface area (Å²) in [5, 5.41) is 0.515. The Kier molecular flexibility index (Phi) is 5.58. The molecule has 1 aromatic carbocycles. The molecule has 1 saturated heterocycles. The molecule has 1 fully saturated rings. The molecule has 0 radical (unpaired) electrons. The zero-order chi connectivity index (χ0) is 17.4. The second kappa shape index (κ2) is 7.72. The fourth-order valence-electron chi connectivity index (χ4n) is 3.18. The Morgan fingerprint density at radius 2 is 1.77 bits per heavy atom. The van der Waals surface area contributed by atoms with E-state index < -0.39 is 0 Å². The predicted octanol–water partition coefficient (Wildman–Crippen LogP) is 4.25. The quantitative estimate of drug-likeness (QED) is 0.608. The van der Waals surface area contributed by atoms with E-state index in [2.05, 4.69) is 9.88 Å². The van der Waals surface area contributed by atoms with Crippen molar-refractivity contribution in [1.82, 2.24) is 14.4 Å². The van der Waals surface area contributed by atoms with E-state index in [0.717, 1.165) is 30.2 Å². The average molecular weight is 440 g/mol. The Morgan fingerprint density at radius 1 is 1.04 bits per heavy atom. The molecule has 26 heavy (non-hydrogen) atoms. The second-order valence-electron chi connectivity index (χ2n) is 6.00. The third-order valence-corrected chi connectivity index (χ3v) is 4.79. The van der Waals surface area contributed by atoms with Gasteiger partial charge in [0, 0.05) is 37.1 Å². The number of halogens is 2. The summed E-state index contributed by atoms with van der Waals surface area (Å²) in [5.74, 6) is 2.86. The maximum atomic E-state index is 6.28. The van der Waals surface area contributed by atoms with Crippen LogP contribution in [-0.4, -0.2) is 41.7 Å². The van der Waals surface area contributed by atoms with Gasteiger partial charge in [-0.05, 0) is 25.0 Å². The van der Waals surface area contributed by atoms with E-state index in [4.69, 9.17) is 26.1 Å². The zero-order valence-electron chi connectivity index (χ0n) is 14.6. The number of benzene rings is 1. The highest BCUT2D eigenvalue weighted by Crippen LogP contribution is 2.38. The molecule has 0 aliphatic carbocycles. The summed E-state index contributed by atoms with van der Waals surface area (Å²) in [7, 11) is 3.20. The standard InChI is InChI=1S/C18H19ClN4O2.BrH/c1-24-15-10-16(25-2)13(19)9-12(15)14-11-23-8-5-17(21-18(23)20-14)22-6-3-4-7-22;/h5,8-11H,3-4,6-7H2,1-2H3;1H. The van der Waals surface area contributed by atoms with Crippen LogP contribution in [0.5, 0.6) is 11.5 Å². The van der Waals surface area contributed by atoms with E-state index in [0.29, 0.717) is 22.3 Å². The van der Waals surface area contributed by atoms with Crippen molar-refractivity contribution in [2.24, 2.45) is 0 Å². The van der Waals surface area contributed by atoms with Gasteiger partial charge in [-0.25, -0.2) is 4.98 Å². The second-order valence-corrected chi connectivity index (χ2v) is 6.41. The van der Waals surface area contributed by atoms with Crippen molar-refractivity contribution in [2.75, 3.05) is 32.2 Å². The van der Waals surface area contributed by atoms with Crippen LogP contribution in [0.2, 0.25) is 5.02 Å². The molecular weight excluding hydrogens is 420 g/mol. The van der Waals surface area contributed by atoms with E-state index in [1.807, 2.05) is 28.9 Å². The number of nitrogens with zero attached hydrogens (tertiary/aromatic N) is 4. The first-order valence-corrected chi connectivity index (χ1v) is 8.60. The molecule has 2 aromatic heterocycles. The summed E-state index contributed by atoms with van der Waals surface area (Å²) in [4.78, 5) is 11.7. The number of rotatable bonds is 4. The lowest BCUT2D eigenvalue weighted by Crippen LogP contribution is -2.19. The van der Waals surface area contributed by atoms with Crippen LogP contribution in [0, 0.1) is 0 Å². The molecule has 138 valence electrons. The van der Waals surface area contributed by atoms with Crippen molar-refractivity contribution in [2.45, 2.75) is 12.8 Å². The fourth-order valence-corrected chi connectivity index (χ4v) is 3.42. The number of methoxy groups -OCH3 is 2. The summed E-state index contributed by atoms with van der Waals surface area (Å²) >= 11 is 6.28. The number of imidazole rings is 1.